The van der Waals surface area contributed by atoms with E-state index in [0.29, 0.717) is 14.8 Å². The van der Waals surface area contributed by atoms with Gasteiger partial charge in [0.2, 0.25) is 0 Å². The maximum absolute atomic E-state index is 12.8. The molecule has 2 heterocycles. The minimum absolute atomic E-state index is 0.0546. The van der Waals surface area contributed by atoms with Crippen LogP contribution in [0.1, 0.15) is 22.3 Å². The minimum Gasteiger partial charge on any atom is -0.465 e. The Morgan fingerprint density at radius 1 is 1.17 bits per heavy atom. The van der Waals surface area contributed by atoms with Crippen molar-refractivity contribution in [1.82, 2.24) is 9.55 Å². The fourth-order valence-corrected chi connectivity index (χ4v) is 5.07. The summed E-state index contributed by atoms with van der Waals surface area (Å²) in [5.41, 5.74) is 2.35. The highest BCUT2D eigenvalue weighted by Crippen LogP contribution is 2.27. The highest BCUT2D eigenvalue weighted by Gasteiger charge is 2.17. The number of aromatic nitrogens is 2. The fourth-order valence-electron chi connectivity index (χ4n) is 2.98. The number of amides is 1. The van der Waals surface area contributed by atoms with Crippen LogP contribution in [-0.4, -0.2) is 28.0 Å². The number of benzene rings is 2. The number of fused-ring (bicyclic) bond motifs is 2. The standard InChI is InChI=1S/C20H16ClN3O3S2/c1-3-27-16(25)10-24-17-11(2)12(21)8-9-15(17)29-20(24)23-18(26)19-22-13-6-4-5-7-14(13)28-19/h4-9H,3,10H2,1-2H3. The molecule has 6 nitrogen and oxygen atoms in total. The van der Waals surface area contributed by atoms with Crippen molar-refractivity contribution in [2.45, 2.75) is 20.4 Å². The van der Waals surface area contributed by atoms with E-state index in [9.17, 15) is 9.59 Å². The van der Waals surface area contributed by atoms with E-state index in [0.717, 1.165) is 26.0 Å². The van der Waals surface area contributed by atoms with Crippen LogP contribution in [0.4, 0.5) is 0 Å². The van der Waals surface area contributed by atoms with Crippen LogP contribution in [0.3, 0.4) is 0 Å². The highest BCUT2D eigenvalue weighted by molar-refractivity contribution is 7.20. The number of aryl methyl sites for hydroxylation is 1. The van der Waals surface area contributed by atoms with Crippen molar-refractivity contribution >= 4 is 66.6 Å². The Bertz CT molecular complexity index is 1290. The number of ether oxygens (including phenoxy) is 1. The molecule has 0 atom stereocenters. The number of para-hydroxylation sites is 1. The number of carbonyl (C=O) groups excluding carboxylic acids is 2. The molecule has 0 aliphatic heterocycles. The van der Waals surface area contributed by atoms with Crippen LogP contribution in [0, 0.1) is 6.92 Å². The third kappa shape index (κ3) is 3.83. The van der Waals surface area contributed by atoms with Gasteiger partial charge in [0.1, 0.15) is 6.54 Å². The normalized spacial score (nSPS) is 12.0. The molecule has 0 radical (unpaired) electrons. The Kier molecular flexibility index (Phi) is 5.49. The number of carbonyl (C=O) groups is 2. The predicted octanol–water partition coefficient (Wildman–Crippen LogP) is 4.58. The lowest BCUT2D eigenvalue weighted by molar-refractivity contribution is -0.143. The van der Waals surface area contributed by atoms with Crippen molar-refractivity contribution in [1.29, 1.82) is 0 Å². The average molecular weight is 446 g/mol. The maximum atomic E-state index is 12.8. The van der Waals surface area contributed by atoms with Crippen LogP contribution in [0.15, 0.2) is 41.4 Å². The molecule has 0 N–H and O–H groups in total. The summed E-state index contributed by atoms with van der Waals surface area (Å²) in [6.07, 6.45) is 0. The fraction of sp³-hybridized carbons (Fsp3) is 0.200. The molecule has 4 rings (SSSR count). The van der Waals surface area contributed by atoms with E-state index in [4.69, 9.17) is 16.3 Å². The Balaban J connectivity index is 1.86. The van der Waals surface area contributed by atoms with Crippen LogP contribution in [0.2, 0.25) is 5.02 Å². The molecule has 0 spiro atoms. The molecule has 0 unspecified atom stereocenters. The van der Waals surface area contributed by atoms with Gasteiger partial charge < -0.3 is 9.30 Å². The van der Waals surface area contributed by atoms with E-state index < -0.39 is 11.9 Å². The van der Waals surface area contributed by atoms with Crippen LogP contribution in [0.5, 0.6) is 0 Å². The molecule has 148 valence electrons. The van der Waals surface area contributed by atoms with Crippen LogP contribution < -0.4 is 4.80 Å². The maximum Gasteiger partial charge on any atom is 0.326 e. The first-order valence-electron chi connectivity index (χ1n) is 8.86. The molecular formula is C20H16ClN3O3S2. The SMILES string of the molecule is CCOC(=O)Cn1c(=NC(=O)c2nc3ccccc3s2)sc2ccc(Cl)c(C)c21. The number of esters is 1. The van der Waals surface area contributed by atoms with Crippen molar-refractivity contribution in [3.63, 3.8) is 0 Å². The molecule has 0 bridgehead atoms. The van der Waals surface area contributed by atoms with Gasteiger partial charge in [-0.25, -0.2) is 4.98 Å². The zero-order chi connectivity index (χ0) is 20.5. The van der Waals surface area contributed by atoms with Crippen LogP contribution in [0.25, 0.3) is 20.4 Å². The van der Waals surface area contributed by atoms with E-state index in [1.165, 1.54) is 22.7 Å². The van der Waals surface area contributed by atoms with E-state index in [-0.39, 0.29) is 13.2 Å². The summed E-state index contributed by atoms with van der Waals surface area (Å²) in [5.74, 6) is -0.848. The summed E-state index contributed by atoms with van der Waals surface area (Å²) < 4.78 is 8.58. The lowest BCUT2D eigenvalue weighted by atomic mass is 10.2. The van der Waals surface area contributed by atoms with E-state index in [2.05, 4.69) is 9.98 Å². The second-order valence-corrected chi connectivity index (χ2v) is 8.65. The number of hydrogen-bond acceptors (Lipinski definition) is 6. The van der Waals surface area contributed by atoms with Gasteiger partial charge in [0.15, 0.2) is 9.81 Å². The minimum atomic E-state index is -0.445. The van der Waals surface area contributed by atoms with Gasteiger partial charge in [-0.05, 0) is 43.7 Å². The number of halogens is 1. The molecule has 0 saturated carbocycles. The first-order valence-corrected chi connectivity index (χ1v) is 10.9. The molecule has 0 aliphatic rings. The third-order valence-electron chi connectivity index (χ3n) is 4.30. The molecule has 9 heteroatoms. The summed E-state index contributed by atoms with van der Waals surface area (Å²) in [6, 6.07) is 11.2. The smallest absolute Gasteiger partial charge is 0.326 e. The van der Waals surface area contributed by atoms with Crippen molar-refractivity contribution in [2.24, 2.45) is 4.99 Å². The Morgan fingerprint density at radius 3 is 2.72 bits per heavy atom. The first kappa shape index (κ1) is 19.8. The van der Waals surface area contributed by atoms with Gasteiger partial charge in [0, 0.05) is 5.02 Å². The topological polar surface area (TPSA) is 73.6 Å². The second kappa shape index (κ2) is 8.06. The Labute approximate surface area is 179 Å². The monoisotopic (exact) mass is 445 g/mol. The lowest BCUT2D eigenvalue weighted by Gasteiger charge is -2.07. The quantitative estimate of drug-likeness (QED) is 0.431. The van der Waals surface area contributed by atoms with Gasteiger partial charge in [-0.2, -0.15) is 4.99 Å². The van der Waals surface area contributed by atoms with Crippen LogP contribution >= 0.6 is 34.3 Å². The summed E-state index contributed by atoms with van der Waals surface area (Å²) >= 11 is 8.90. The van der Waals surface area contributed by atoms with Crippen molar-refractivity contribution in [3.8, 4) is 0 Å². The van der Waals surface area contributed by atoms with Gasteiger partial charge in [-0.3, -0.25) is 9.59 Å². The zero-order valence-electron chi connectivity index (χ0n) is 15.6. The summed E-state index contributed by atoms with van der Waals surface area (Å²) in [4.78, 5) is 34.0. The first-order chi connectivity index (χ1) is 14.0. The van der Waals surface area contributed by atoms with Gasteiger partial charge in [0.05, 0.1) is 27.0 Å². The van der Waals surface area contributed by atoms with Gasteiger partial charge in [-0.15, -0.1) is 11.3 Å². The van der Waals surface area contributed by atoms with Crippen LogP contribution in [-0.2, 0) is 16.1 Å². The highest BCUT2D eigenvalue weighted by atomic mass is 35.5. The number of hydrogen-bond donors (Lipinski definition) is 0. The molecule has 1 amide bonds. The molecule has 4 aromatic rings. The second-order valence-electron chi connectivity index (χ2n) is 6.20. The molecule has 2 aromatic heterocycles. The average Bonchev–Trinajstić information content (AvgIpc) is 3.27. The number of rotatable bonds is 4. The molecule has 0 fully saturated rings. The zero-order valence-corrected chi connectivity index (χ0v) is 18.0. The number of nitrogens with zero attached hydrogens (tertiary/aromatic N) is 3. The van der Waals surface area contributed by atoms with E-state index >= 15 is 0 Å². The molecule has 0 aliphatic carbocycles. The third-order valence-corrected chi connectivity index (χ3v) is 6.77. The van der Waals surface area contributed by atoms with E-state index in [1.54, 1.807) is 17.6 Å². The molecular weight excluding hydrogens is 430 g/mol. The predicted molar refractivity (Wildman–Crippen MR) is 116 cm³/mol. The molecule has 0 saturated heterocycles. The summed E-state index contributed by atoms with van der Waals surface area (Å²) in [6.45, 7) is 3.84. The molecule has 29 heavy (non-hydrogen) atoms. The van der Waals surface area contributed by atoms with Gasteiger partial charge in [0.25, 0.3) is 0 Å². The largest absolute Gasteiger partial charge is 0.465 e. The van der Waals surface area contributed by atoms with Crippen molar-refractivity contribution < 1.29 is 14.3 Å². The van der Waals surface area contributed by atoms with Crippen molar-refractivity contribution in [3.05, 3.63) is 56.8 Å². The Hall–Kier alpha value is -2.55. The summed E-state index contributed by atoms with van der Waals surface area (Å²) in [5, 5.41) is 0.887. The molecule has 2 aromatic carbocycles. The lowest BCUT2D eigenvalue weighted by Crippen LogP contribution is -2.23. The van der Waals surface area contributed by atoms with Gasteiger partial charge >= 0.3 is 11.9 Å². The van der Waals surface area contributed by atoms with Gasteiger partial charge in [-0.1, -0.05) is 35.1 Å². The number of thiazole rings is 2. The van der Waals surface area contributed by atoms with E-state index in [1.807, 2.05) is 37.3 Å². The summed E-state index contributed by atoms with van der Waals surface area (Å²) in [7, 11) is 0. The van der Waals surface area contributed by atoms with Crippen molar-refractivity contribution in [2.75, 3.05) is 6.61 Å². The Morgan fingerprint density at radius 2 is 1.97 bits per heavy atom.